The van der Waals surface area contributed by atoms with Gasteiger partial charge in [-0.2, -0.15) is 0 Å². The number of halogens is 1. The molecule has 1 aromatic heterocycles. The molecule has 0 saturated carbocycles. The highest BCUT2D eigenvalue weighted by atomic mass is 127. The number of hydrogen-bond donors (Lipinski definition) is 1. The molecule has 0 spiro atoms. The molecule has 0 saturated heterocycles. The highest BCUT2D eigenvalue weighted by Gasteiger charge is 2.01. The molecular formula is C12H12IN3. The van der Waals surface area contributed by atoms with E-state index in [0.717, 1.165) is 15.1 Å². The molecular weight excluding hydrogens is 313 g/mol. The molecule has 2 rings (SSSR count). The van der Waals surface area contributed by atoms with Gasteiger partial charge in [-0.3, -0.25) is 0 Å². The van der Waals surface area contributed by atoms with Crippen molar-refractivity contribution in [3.63, 3.8) is 0 Å². The van der Waals surface area contributed by atoms with Gasteiger partial charge in [0.05, 0.1) is 3.57 Å². The van der Waals surface area contributed by atoms with E-state index in [2.05, 4.69) is 69.9 Å². The zero-order chi connectivity index (χ0) is 11.5. The van der Waals surface area contributed by atoms with E-state index in [4.69, 9.17) is 0 Å². The first-order valence-corrected chi connectivity index (χ1v) is 6.04. The topological polar surface area (TPSA) is 37.8 Å². The largest absolute Gasteiger partial charge is 0.339 e. The Kier molecular flexibility index (Phi) is 3.38. The van der Waals surface area contributed by atoms with E-state index >= 15 is 0 Å². The van der Waals surface area contributed by atoms with Crippen LogP contribution in [0, 0.1) is 17.4 Å². The van der Waals surface area contributed by atoms with Crippen LogP contribution in [0.5, 0.6) is 0 Å². The van der Waals surface area contributed by atoms with Gasteiger partial charge >= 0.3 is 0 Å². The zero-order valence-corrected chi connectivity index (χ0v) is 11.3. The molecule has 4 heteroatoms. The maximum absolute atomic E-state index is 4.20. The zero-order valence-electron chi connectivity index (χ0n) is 9.16. The van der Waals surface area contributed by atoms with Gasteiger partial charge in [0.2, 0.25) is 0 Å². The number of hydrogen-bond acceptors (Lipinski definition) is 3. The molecule has 0 aliphatic heterocycles. The molecule has 16 heavy (non-hydrogen) atoms. The number of rotatable bonds is 2. The van der Waals surface area contributed by atoms with Crippen LogP contribution in [-0.4, -0.2) is 9.97 Å². The van der Waals surface area contributed by atoms with Gasteiger partial charge in [0.15, 0.2) is 0 Å². The minimum absolute atomic E-state index is 0.848. The second-order valence-electron chi connectivity index (χ2n) is 3.72. The smallest absolute Gasteiger partial charge is 0.147 e. The van der Waals surface area contributed by atoms with Crippen LogP contribution in [0.1, 0.15) is 11.1 Å². The molecule has 0 unspecified atom stereocenters. The Labute approximate surface area is 108 Å². The Morgan fingerprint density at radius 1 is 1.12 bits per heavy atom. The van der Waals surface area contributed by atoms with E-state index in [1.54, 1.807) is 12.5 Å². The van der Waals surface area contributed by atoms with Crippen molar-refractivity contribution in [2.45, 2.75) is 13.8 Å². The number of nitrogens with one attached hydrogen (secondary N) is 1. The van der Waals surface area contributed by atoms with Crippen molar-refractivity contribution in [2.75, 3.05) is 5.32 Å². The lowest BCUT2D eigenvalue weighted by molar-refractivity contribution is 1.15. The lowest BCUT2D eigenvalue weighted by atomic mass is 10.1. The molecule has 1 N–H and O–H groups in total. The van der Waals surface area contributed by atoms with Crippen LogP contribution in [-0.2, 0) is 0 Å². The first-order chi connectivity index (χ1) is 7.65. The standard InChI is InChI=1S/C12H12IN3/c1-8-3-9(2)5-10(4-8)16-12-11(13)6-14-7-15-12/h3-7H,1-2H3,(H,14,15,16). The molecule has 3 nitrogen and oxygen atoms in total. The summed E-state index contributed by atoms with van der Waals surface area (Å²) in [5, 5.41) is 3.30. The number of nitrogens with zero attached hydrogens (tertiary/aromatic N) is 2. The summed E-state index contributed by atoms with van der Waals surface area (Å²) in [5.74, 6) is 0.848. The first-order valence-electron chi connectivity index (χ1n) is 4.96. The van der Waals surface area contributed by atoms with Crippen LogP contribution in [0.15, 0.2) is 30.7 Å². The molecule has 0 amide bonds. The van der Waals surface area contributed by atoms with Crippen LogP contribution in [0.3, 0.4) is 0 Å². The van der Waals surface area contributed by atoms with Crippen molar-refractivity contribution in [1.82, 2.24) is 9.97 Å². The molecule has 82 valence electrons. The van der Waals surface area contributed by atoms with Gasteiger partial charge in [-0.05, 0) is 59.7 Å². The fourth-order valence-corrected chi connectivity index (χ4v) is 2.02. The minimum atomic E-state index is 0.848. The van der Waals surface area contributed by atoms with E-state index in [9.17, 15) is 0 Å². The number of aryl methyl sites for hydroxylation is 2. The van der Waals surface area contributed by atoms with E-state index in [0.29, 0.717) is 0 Å². The Morgan fingerprint density at radius 3 is 2.44 bits per heavy atom. The monoisotopic (exact) mass is 325 g/mol. The third kappa shape index (κ3) is 2.69. The van der Waals surface area contributed by atoms with Crippen molar-refractivity contribution < 1.29 is 0 Å². The summed E-state index contributed by atoms with van der Waals surface area (Å²) in [7, 11) is 0. The van der Waals surface area contributed by atoms with Crippen LogP contribution >= 0.6 is 22.6 Å². The number of benzene rings is 1. The summed E-state index contributed by atoms with van der Waals surface area (Å²) >= 11 is 2.22. The van der Waals surface area contributed by atoms with Gasteiger partial charge < -0.3 is 5.32 Å². The number of anilines is 2. The van der Waals surface area contributed by atoms with Crippen LogP contribution in [0.2, 0.25) is 0 Å². The maximum Gasteiger partial charge on any atom is 0.147 e. The minimum Gasteiger partial charge on any atom is -0.339 e. The van der Waals surface area contributed by atoms with Gasteiger partial charge in [0.1, 0.15) is 12.1 Å². The predicted molar refractivity (Wildman–Crippen MR) is 73.9 cm³/mol. The molecule has 0 aliphatic carbocycles. The van der Waals surface area contributed by atoms with Gasteiger partial charge in [-0.25, -0.2) is 9.97 Å². The predicted octanol–water partition coefficient (Wildman–Crippen LogP) is 3.44. The molecule has 2 aromatic rings. The molecule has 1 heterocycles. The molecule has 0 bridgehead atoms. The third-order valence-electron chi connectivity index (χ3n) is 2.15. The molecule has 1 aromatic carbocycles. The van der Waals surface area contributed by atoms with Crippen LogP contribution in [0.4, 0.5) is 11.5 Å². The van der Waals surface area contributed by atoms with E-state index in [1.165, 1.54) is 11.1 Å². The third-order valence-corrected chi connectivity index (χ3v) is 2.94. The Balaban J connectivity index is 2.30. The lowest BCUT2D eigenvalue weighted by Gasteiger charge is -2.08. The van der Waals surface area contributed by atoms with Crippen molar-refractivity contribution >= 4 is 34.1 Å². The lowest BCUT2D eigenvalue weighted by Crippen LogP contribution is -1.97. The Hall–Kier alpha value is -1.17. The first kappa shape index (κ1) is 11.3. The van der Waals surface area contributed by atoms with Crippen molar-refractivity contribution in [2.24, 2.45) is 0 Å². The summed E-state index contributed by atoms with van der Waals surface area (Å²) in [6.45, 7) is 4.17. The van der Waals surface area contributed by atoms with Gasteiger partial charge in [-0.1, -0.05) is 6.07 Å². The van der Waals surface area contributed by atoms with Gasteiger partial charge in [-0.15, -0.1) is 0 Å². The summed E-state index contributed by atoms with van der Waals surface area (Å²) in [5.41, 5.74) is 3.55. The van der Waals surface area contributed by atoms with E-state index in [1.807, 2.05) is 0 Å². The SMILES string of the molecule is Cc1cc(C)cc(Nc2ncncc2I)c1. The second-order valence-corrected chi connectivity index (χ2v) is 4.88. The molecule has 0 fully saturated rings. The average molecular weight is 325 g/mol. The Bertz CT molecular complexity index is 491. The second kappa shape index (κ2) is 4.78. The quantitative estimate of drug-likeness (QED) is 0.860. The van der Waals surface area contributed by atoms with E-state index in [-0.39, 0.29) is 0 Å². The van der Waals surface area contributed by atoms with E-state index < -0.39 is 0 Å². The van der Waals surface area contributed by atoms with Crippen LogP contribution in [0.25, 0.3) is 0 Å². The molecule has 0 atom stereocenters. The maximum atomic E-state index is 4.20. The van der Waals surface area contributed by atoms with Crippen molar-refractivity contribution in [3.05, 3.63) is 45.4 Å². The normalized spacial score (nSPS) is 10.2. The van der Waals surface area contributed by atoms with Crippen molar-refractivity contribution in [3.8, 4) is 0 Å². The fourth-order valence-electron chi connectivity index (χ4n) is 1.59. The summed E-state index contributed by atoms with van der Waals surface area (Å²) in [4.78, 5) is 8.17. The Morgan fingerprint density at radius 2 is 1.81 bits per heavy atom. The summed E-state index contributed by atoms with van der Waals surface area (Å²) < 4.78 is 1.01. The molecule has 0 aliphatic rings. The molecule has 0 radical (unpaired) electrons. The van der Waals surface area contributed by atoms with Gasteiger partial charge in [0, 0.05) is 11.9 Å². The highest BCUT2D eigenvalue weighted by molar-refractivity contribution is 14.1. The van der Waals surface area contributed by atoms with Gasteiger partial charge in [0.25, 0.3) is 0 Å². The summed E-state index contributed by atoms with van der Waals surface area (Å²) in [6, 6.07) is 6.35. The highest BCUT2D eigenvalue weighted by Crippen LogP contribution is 2.21. The number of aromatic nitrogens is 2. The van der Waals surface area contributed by atoms with Crippen molar-refractivity contribution in [1.29, 1.82) is 0 Å². The fraction of sp³-hybridized carbons (Fsp3) is 0.167. The average Bonchev–Trinajstić information content (AvgIpc) is 2.20. The van der Waals surface area contributed by atoms with Crippen LogP contribution < -0.4 is 5.32 Å². The summed E-state index contributed by atoms with van der Waals surface area (Å²) in [6.07, 6.45) is 3.34.